The Morgan fingerprint density at radius 3 is 2.92 bits per heavy atom. The largest absolute Gasteiger partial charge is 0.405 e. The van der Waals surface area contributed by atoms with Crippen molar-refractivity contribution in [1.82, 2.24) is 4.98 Å². The van der Waals surface area contributed by atoms with Crippen LogP contribution in [0.2, 0.25) is 5.15 Å². The highest BCUT2D eigenvalue weighted by molar-refractivity contribution is 9.10. The molecular weight excluding hydrogens is 239 g/mol. The van der Waals surface area contributed by atoms with E-state index in [9.17, 15) is 0 Å². The summed E-state index contributed by atoms with van der Waals surface area (Å²) in [5, 5.41) is 0.474. The Morgan fingerprint density at radius 1 is 1.67 bits per heavy atom. The van der Waals surface area contributed by atoms with Crippen molar-refractivity contribution in [2.24, 2.45) is 5.73 Å². The Kier molecular flexibility index (Phi) is 3.12. The maximum Gasteiger partial charge on any atom is 0.143 e. The van der Waals surface area contributed by atoms with Gasteiger partial charge in [-0.15, -0.1) is 0 Å². The van der Waals surface area contributed by atoms with Crippen molar-refractivity contribution in [2.75, 3.05) is 0 Å². The summed E-state index contributed by atoms with van der Waals surface area (Å²) >= 11 is 9.05. The molecule has 0 spiro atoms. The molecule has 0 aromatic carbocycles. The second-order valence-electron chi connectivity index (χ2n) is 2.29. The Hall–Kier alpha value is -0.540. The van der Waals surface area contributed by atoms with Crippen LogP contribution in [-0.2, 0) is 0 Å². The van der Waals surface area contributed by atoms with Gasteiger partial charge in [-0.2, -0.15) is 0 Å². The van der Waals surface area contributed by atoms with Crippen molar-refractivity contribution in [3.8, 4) is 0 Å². The topological polar surface area (TPSA) is 38.9 Å². The van der Waals surface area contributed by atoms with Gasteiger partial charge in [0.05, 0.1) is 4.47 Å². The van der Waals surface area contributed by atoms with Crippen LogP contribution in [0.1, 0.15) is 11.3 Å². The van der Waals surface area contributed by atoms with E-state index in [1.807, 2.05) is 13.0 Å². The number of hydrogen-bond donors (Lipinski definition) is 1. The number of aromatic nitrogens is 1. The molecule has 2 nitrogen and oxygen atoms in total. The second-order valence-corrected chi connectivity index (χ2v) is 3.51. The Balaban J connectivity index is 3.23. The van der Waals surface area contributed by atoms with Crippen LogP contribution in [0, 0.1) is 6.92 Å². The number of hydrogen-bond acceptors (Lipinski definition) is 2. The fourth-order valence-corrected chi connectivity index (χ4v) is 1.35. The molecule has 1 aromatic heterocycles. The van der Waals surface area contributed by atoms with E-state index in [2.05, 4.69) is 20.9 Å². The number of halogens is 2. The maximum absolute atomic E-state index is 5.77. The van der Waals surface area contributed by atoms with Crippen LogP contribution in [0.15, 0.2) is 16.7 Å². The van der Waals surface area contributed by atoms with Crippen molar-refractivity contribution in [2.45, 2.75) is 6.92 Å². The van der Waals surface area contributed by atoms with Gasteiger partial charge in [-0.05, 0) is 46.8 Å². The van der Waals surface area contributed by atoms with E-state index in [4.69, 9.17) is 17.3 Å². The highest BCUT2D eigenvalue weighted by Crippen LogP contribution is 2.23. The lowest BCUT2D eigenvalue weighted by Crippen LogP contribution is -1.89. The van der Waals surface area contributed by atoms with Gasteiger partial charge in [0.15, 0.2) is 0 Å². The SMILES string of the molecule is Cc1nc(Cl)c(Br)cc1/C=C\N. The first kappa shape index (κ1) is 9.55. The molecule has 0 atom stereocenters. The zero-order valence-corrected chi connectivity index (χ0v) is 8.85. The summed E-state index contributed by atoms with van der Waals surface area (Å²) in [4.78, 5) is 4.10. The van der Waals surface area contributed by atoms with Crippen molar-refractivity contribution >= 4 is 33.6 Å². The summed E-state index contributed by atoms with van der Waals surface area (Å²) in [6.45, 7) is 1.88. The highest BCUT2D eigenvalue weighted by atomic mass is 79.9. The molecule has 0 amide bonds. The second kappa shape index (κ2) is 3.92. The first-order valence-corrected chi connectivity index (χ1v) is 4.53. The molecule has 0 saturated carbocycles. The molecule has 0 saturated heterocycles. The zero-order chi connectivity index (χ0) is 9.14. The van der Waals surface area contributed by atoms with Gasteiger partial charge in [0.2, 0.25) is 0 Å². The fourth-order valence-electron chi connectivity index (χ4n) is 0.838. The van der Waals surface area contributed by atoms with E-state index in [-0.39, 0.29) is 0 Å². The molecule has 0 aliphatic heterocycles. The average Bonchev–Trinajstić information content (AvgIpc) is 2.01. The standard InChI is InChI=1S/C8H8BrClN2/c1-5-6(2-3-11)4-7(9)8(10)12-5/h2-4H,11H2,1H3/b3-2-. The van der Waals surface area contributed by atoms with Crippen LogP contribution in [0.3, 0.4) is 0 Å². The van der Waals surface area contributed by atoms with E-state index < -0.39 is 0 Å². The Labute approximate surface area is 84.6 Å². The monoisotopic (exact) mass is 246 g/mol. The summed E-state index contributed by atoms with van der Waals surface area (Å²) in [6.07, 6.45) is 3.26. The molecule has 1 heterocycles. The van der Waals surface area contributed by atoms with Crippen molar-refractivity contribution in [3.05, 3.63) is 33.1 Å². The van der Waals surface area contributed by atoms with Gasteiger partial charge in [-0.1, -0.05) is 11.6 Å². The summed E-state index contributed by atoms with van der Waals surface area (Å²) in [6, 6.07) is 1.88. The smallest absolute Gasteiger partial charge is 0.143 e. The van der Waals surface area contributed by atoms with Crippen LogP contribution in [0.4, 0.5) is 0 Å². The molecule has 4 heteroatoms. The van der Waals surface area contributed by atoms with E-state index in [1.165, 1.54) is 6.20 Å². The minimum absolute atomic E-state index is 0.474. The Morgan fingerprint density at radius 2 is 2.33 bits per heavy atom. The number of nitrogens with zero attached hydrogens (tertiary/aromatic N) is 1. The third-order valence-corrected chi connectivity index (χ3v) is 2.56. The lowest BCUT2D eigenvalue weighted by atomic mass is 10.2. The van der Waals surface area contributed by atoms with Gasteiger partial charge in [0, 0.05) is 5.69 Å². The Bertz CT molecular complexity index is 323. The predicted octanol–water partition coefficient (Wildman–Crippen LogP) is 2.74. The summed E-state index contributed by atoms with van der Waals surface area (Å²) in [7, 11) is 0. The minimum atomic E-state index is 0.474. The van der Waals surface area contributed by atoms with Gasteiger partial charge in [0.1, 0.15) is 5.15 Å². The normalized spacial score (nSPS) is 10.9. The highest BCUT2D eigenvalue weighted by Gasteiger charge is 2.02. The molecule has 12 heavy (non-hydrogen) atoms. The molecule has 64 valence electrons. The van der Waals surface area contributed by atoms with Crippen molar-refractivity contribution in [3.63, 3.8) is 0 Å². The van der Waals surface area contributed by atoms with E-state index in [0.29, 0.717) is 5.15 Å². The lowest BCUT2D eigenvalue weighted by Gasteiger charge is -2.01. The molecule has 0 aliphatic carbocycles. The molecule has 0 aliphatic rings. The van der Waals surface area contributed by atoms with Gasteiger partial charge >= 0.3 is 0 Å². The molecule has 1 rings (SSSR count). The first-order valence-electron chi connectivity index (χ1n) is 3.36. The van der Waals surface area contributed by atoms with Gasteiger partial charge in [0.25, 0.3) is 0 Å². The van der Waals surface area contributed by atoms with Crippen LogP contribution >= 0.6 is 27.5 Å². The van der Waals surface area contributed by atoms with Crippen LogP contribution in [0.25, 0.3) is 6.08 Å². The van der Waals surface area contributed by atoms with Crippen molar-refractivity contribution in [1.29, 1.82) is 0 Å². The molecule has 0 radical (unpaired) electrons. The van der Waals surface area contributed by atoms with E-state index >= 15 is 0 Å². The molecule has 0 unspecified atom stereocenters. The third kappa shape index (κ3) is 1.99. The van der Waals surface area contributed by atoms with E-state index in [1.54, 1.807) is 6.08 Å². The van der Waals surface area contributed by atoms with Crippen molar-refractivity contribution < 1.29 is 0 Å². The van der Waals surface area contributed by atoms with Crippen LogP contribution in [0.5, 0.6) is 0 Å². The fraction of sp³-hybridized carbons (Fsp3) is 0.125. The third-order valence-electron chi connectivity index (χ3n) is 1.44. The first-order chi connectivity index (χ1) is 5.65. The zero-order valence-electron chi connectivity index (χ0n) is 6.51. The van der Waals surface area contributed by atoms with Crippen LogP contribution < -0.4 is 5.73 Å². The lowest BCUT2D eigenvalue weighted by molar-refractivity contribution is 1.18. The van der Waals surface area contributed by atoms with E-state index in [0.717, 1.165) is 15.7 Å². The molecule has 0 fully saturated rings. The molecular formula is C8H8BrClN2. The van der Waals surface area contributed by atoms with Gasteiger partial charge in [-0.25, -0.2) is 4.98 Å². The summed E-state index contributed by atoms with van der Waals surface area (Å²) < 4.78 is 0.780. The minimum Gasteiger partial charge on any atom is -0.405 e. The number of rotatable bonds is 1. The molecule has 1 aromatic rings. The molecule has 0 bridgehead atoms. The molecule has 2 N–H and O–H groups in total. The van der Waals surface area contributed by atoms with Crippen LogP contribution in [-0.4, -0.2) is 4.98 Å². The number of nitrogens with two attached hydrogens (primary N) is 1. The number of aryl methyl sites for hydroxylation is 1. The van der Waals surface area contributed by atoms with Gasteiger partial charge in [-0.3, -0.25) is 0 Å². The predicted molar refractivity (Wildman–Crippen MR) is 54.9 cm³/mol. The summed E-state index contributed by atoms with van der Waals surface area (Å²) in [5.74, 6) is 0. The average molecular weight is 248 g/mol. The maximum atomic E-state index is 5.77. The number of pyridine rings is 1. The quantitative estimate of drug-likeness (QED) is 0.775. The summed E-state index contributed by atoms with van der Waals surface area (Å²) in [5.41, 5.74) is 7.09. The van der Waals surface area contributed by atoms with Gasteiger partial charge < -0.3 is 5.73 Å².